The smallest absolute Gasteiger partial charge is 0.252 e. The molecule has 0 bridgehead atoms. The van der Waals surface area contributed by atoms with E-state index in [1.54, 1.807) is 41.6 Å². The van der Waals surface area contributed by atoms with Crippen LogP contribution < -0.4 is 11.1 Å². The van der Waals surface area contributed by atoms with E-state index < -0.39 is 11.7 Å². The van der Waals surface area contributed by atoms with E-state index in [9.17, 15) is 9.18 Å². The minimum atomic E-state index is -0.526. The van der Waals surface area contributed by atoms with Gasteiger partial charge in [0.2, 0.25) is 0 Å². The second kappa shape index (κ2) is 9.10. The fourth-order valence-electron chi connectivity index (χ4n) is 3.03. The Bertz CT molecular complexity index is 1340. The number of amides is 1. The van der Waals surface area contributed by atoms with Crippen molar-refractivity contribution in [3.8, 4) is 23.0 Å². The number of anilines is 1. The molecule has 4 rings (SSSR count). The van der Waals surface area contributed by atoms with Crippen molar-refractivity contribution in [1.82, 2.24) is 25.1 Å². The van der Waals surface area contributed by atoms with Crippen molar-refractivity contribution < 1.29 is 9.18 Å². The molecule has 3 aromatic heterocycles. The van der Waals surface area contributed by atoms with Gasteiger partial charge in [0, 0.05) is 55.1 Å². The molecule has 8 heteroatoms. The summed E-state index contributed by atoms with van der Waals surface area (Å²) in [6.07, 6.45) is 8.52. The number of nitrogens with zero attached hydrogens (tertiary/aromatic N) is 4. The third-order valence-electron chi connectivity index (χ3n) is 4.69. The first-order valence-corrected chi connectivity index (χ1v) is 9.73. The van der Waals surface area contributed by atoms with E-state index in [0.29, 0.717) is 11.1 Å². The van der Waals surface area contributed by atoms with Crippen LogP contribution in [0.4, 0.5) is 10.2 Å². The quantitative estimate of drug-likeness (QED) is 0.489. The van der Waals surface area contributed by atoms with E-state index in [4.69, 9.17) is 5.73 Å². The molecule has 1 aromatic carbocycles. The summed E-state index contributed by atoms with van der Waals surface area (Å²) < 4.78 is 15.6. The molecule has 4 aromatic rings. The molecular formula is C24H19FN6O. The van der Waals surface area contributed by atoms with Crippen molar-refractivity contribution in [2.45, 2.75) is 6.54 Å². The van der Waals surface area contributed by atoms with Crippen molar-refractivity contribution >= 4 is 11.7 Å². The average molecular weight is 426 g/mol. The Hall–Kier alpha value is -4.51. The number of benzene rings is 1. The zero-order valence-corrected chi connectivity index (χ0v) is 17.2. The Balaban J connectivity index is 1.61. The van der Waals surface area contributed by atoms with Gasteiger partial charge in [-0.2, -0.15) is 5.10 Å². The highest BCUT2D eigenvalue weighted by molar-refractivity contribution is 5.96. The molecule has 0 saturated carbocycles. The number of nitrogens with one attached hydrogen (secondary N) is 1. The summed E-state index contributed by atoms with van der Waals surface area (Å²) in [5.41, 5.74) is 9.52. The monoisotopic (exact) mass is 426 g/mol. The number of aromatic nitrogens is 4. The number of pyridine rings is 2. The van der Waals surface area contributed by atoms with Crippen molar-refractivity contribution in [2.24, 2.45) is 7.05 Å². The SMILES string of the molecule is Cn1cc(-c2cnc(N)c(C#Cc3ccc(F)cc3C(=O)NCc3cccnc3)c2)cn1. The fourth-order valence-corrected chi connectivity index (χ4v) is 3.03. The molecule has 0 unspecified atom stereocenters. The number of carbonyl (C=O) groups excluding carboxylic acids is 1. The maximum Gasteiger partial charge on any atom is 0.252 e. The summed E-state index contributed by atoms with van der Waals surface area (Å²) in [6.45, 7) is 0.264. The van der Waals surface area contributed by atoms with Crippen LogP contribution in [0, 0.1) is 17.7 Å². The molecule has 0 radical (unpaired) electrons. The lowest BCUT2D eigenvalue weighted by Crippen LogP contribution is -2.24. The van der Waals surface area contributed by atoms with Gasteiger partial charge in [-0.1, -0.05) is 17.9 Å². The molecule has 3 heterocycles. The summed E-state index contributed by atoms with van der Waals surface area (Å²) in [5, 5.41) is 6.92. The number of hydrogen-bond donors (Lipinski definition) is 2. The van der Waals surface area contributed by atoms with Gasteiger partial charge in [0.05, 0.1) is 17.3 Å². The number of carbonyl (C=O) groups is 1. The van der Waals surface area contributed by atoms with Crippen LogP contribution in [0.25, 0.3) is 11.1 Å². The zero-order chi connectivity index (χ0) is 22.5. The highest BCUT2D eigenvalue weighted by Crippen LogP contribution is 2.21. The Morgan fingerprint density at radius 3 is 2.72 bits per heavy atom. The number of nitrogen functional groups attached to an aromatic ring is 1. The number of nitrogens with two attached hydrogens (primary N) is 1. The third kappa shape index (κ3) is 4.79. The molecule has 0 aliphatic heterocycles. The molecule has 0 aliphatic rings. The summed E-state index contributed by atoms with van der Waals surface area (Å²) in [6, 6.07) is 9.31. The van der Waals surface area contributed by atoms with Gasteiger partial charge >= 0.3 is 0 Å². The first kappa shape index (κ1) is 20.8. The van der Waals surface area contributed by atoms with E-state index in [1.165, 1.54) is 12.1 Å². The summed E-state index contributed by atoms with van der Waals surface area (Å²) >= 11 is 0. The second-order valence-corrected chi connectivity index (χ2v) is 7.04. The second-order valence-electron chi connectivity index (χ2n) is 7.04. The maximum atomic E-state index is 13.9. The first-order chi connectivity index (χ1) is 15.5. The van der Waals surface area contributed by atoms with Crippen LogP contribution >= 0.6 is 0 Å². The van der Waals surface area contributed by atoms with Crippen LogP contribution in [-0.2, 0) is 13.6 Å². The average Bonchev–Trinajstić information content (AvgIpc) is 3.24. The Morgan fingerprint density at radius 1 is 1.12 bits per heavy atom. The topological polar surface area (TPSA) is 98.7 Å². The summed E-state index contributed by atoms with van der Waals surface area (Å²) in [7, 11) is 1.82. The normalized spacial score (nSPS) is 10.3. The van der Waals surface area contributed by atoms with E-state index in [0.717, 1.165) is 22.8 Å². The lowest BCUT2D eigenvalue weighted by atomic mass is 10.1. The predicted molar refractivity (Wildman–Crippen MR) is 119 cm³/mol. The van der Waals surface area contributed by atoms with Crippen LogP contribution in [0.2, 0.25) is 0 Å². The van der Waals surface area contributed by atoms with Crippen molar-refractivity contribution in [1.29, 1.82) is 0 Å². The van der Waals surface area contributed by atoms with Gasteiger partial charge in [-0.05, 0) is 35.9 Å². The molecule has 158 valence electrons. The predicted octanol–water partition coefficient (Wildman–Crippen LogP) is 2.93. The maximum absolute atomic E-state index is 13.9. The third-order valence-corrected chi connectivity index (χ3v) is 4.69. The molecule has 32 heavy (non-hydrogen) atoms. The molecule has 0 fully saturated rings. The Labute approximate surface area is 184 Å². The largest absolute Gasteiger partial charge is 0.383 e. The number of aryl methyl sites for hydroxylation is 1. The number of hydrogen-bond acceptors (Lipinski definition) is 5. The minimum Gasteiger partial charge on any atom is -0.383 e. The van der Waals surface area contributed by atoms with Crippen molar-refractivity contribution in [3.05, 3.63) is 95.5 Å². The lowest BCUT2D eigenvalue weighted by molar-refractivity contribution is 0.0950. The van der Waals surface area contributed by atoms with Gasteiger partial charge in [0.15, 0.2) is 0 Å². The first-order valence-electron chi connectivity index (χ1n) is 9.73. The van der Waals surface area contributed by atoms with Gasteiger partial charge in [-0.25, -0.2) is 9.37 Å². The molecular weight excluding hydrogens is 407 g/mol. The van der Waals surface area contributed by atoms with Gasteiger partial charge in [-0.3, -0.25) is 14.5 Å². The van der Waals surface area contributed by atoms with E-state index in [2.05, 4.69) is 32.2 Å². The molecule has 0 atom stereocenters. The van der Waals surface area contributed by atoms with Crippen LogP contribution in [0.1, 0.15) is 27.0 Å². The highest BCUT2D eigenvalue weighted by atomic mass is 19.1. The Morgan fingerprint density at radius 2 is 1.97 bits per heavy atom. The van der Waals surface area contributed by atoms with Gasteiger partial charge in [0.1, 0.15) is 11.6 Å². The van der Waals surface area contributed by atoms with Crippen molar-refractivity contribution in [2.75, 3.05) is 5.73 Å². The van der Waals surface area contributed by atoms with Crippen LogP contribution in [-0.4, -0.2) is 25.7 Å². The molecule has 7 nitrogen and oxygen atoms in total. The lowest BCUT2D eigenvalue weighted by Gasteiger charge is -2.07. The van der Waals surface area contributed by atoms with E-state index in [-0.39, 0.29) is 17.9 Å². The molecule has 0 saturated heterocycles. The highest BCUT2D eigenvalue weighted by Gasteiger charge is 2.12. The summed E-state index contributed by atoms with van der Waals surface area (Å²) in [4.78, 5) is 20.9. The molecule has 3 N–H and O–H groups in total. The van der Waals surface area contributed by atoms with Crippen LogP contribution in [0.5, 0.6) is 0 Å². The van der Waals surface area contributed by atoms with Gasteiger partial charge in [-0.15, -0.1) is 0 Å². The summed E-state index contributed by atoms with van der Waals surface area (Å²) in [5.74, 6) is 5.18. The van der Waals surface area contributed by atoms with Crippen LogP contribution in [0.15, 0.2) is 67.4 Å². The standard InChI is InChI=1S/C24H19FN6O/c1-31-15-20(14-30-31)19-9-18(23(26)28-13-19)5-4-17-6-7-21(25)10-22(17)24(32)29-12-16-3-2-8-27-11-16/h2-3,6-11,13-15H,12H2,1H3,(H2,26,28)(H,29,32). The number of rotatable bonds is 4. The van der Waals surface area contributed by atoms with Gasteiger partial charge in [0.25, 0.3) is 5.91 Å². The van der Waals surface area contributed by atoms with E-state index >= 15 is 0 Å². The van der Waals surface area contributed by atoms with E-state index in [1.807, 2.05) is 19.3 Å². The zero-order valence-electron chi connectivity index (χ0n) is 17.2. The molecule has 1 amide bonds. The van der Waals surface area contributed by atoms with Crippen LogP contribution in [0.3, 0.4) is 0 Å². The fraction of sp³-hybridized carbons (Fsp3) is 0.0833. The molecule has 0 spiro atoms. The van der Waals surface area contributed by atoms with Gasteiger partial charge < -0.3 is 11.1 Å². The number of halogens is 1. The minimum absolute atomic E-state index is 0.135. The molecule has 0 aliphatic carbocycles. The Kier molecular flexibility index (Phi) is 5.90. The van der Waals surface area contributed by atoms with Crippen molar-refractivity contribution in [3.63, 3.8) is 0 Å².